The maximum atomic E-state index is 10.0. The SMILES string of the molecule is N=c1c(C(N)=N/N=C\c2ccc(Cl)cc2)nc2ccccc2n1O. The molecule has 0 aliphatic heterocycles. The Balaban J connectivity index is 1.96. The van der Waals surface area contributed by atoms with Crippen LogP contribution in [-0.2, 0) is 0 Å². The van der Waals surface area contributed by atoms with E-state index in [1.54, 1.807) is 48.5 Å². The minimum Gasteiger partial charge on any atom is -0.426 e. The molecule has 1 aromatic heterocycles. The molecule has 1 heterocycles. The summed E-state index contributed by atoms with van der Waals surface area (Å²) in [6.45, 7) is 0. The number of hydrogen-bond acceptors (Lipinski definition) is 5. The minimum absolute atomic E-state index is 0.0458. The van der Waals surface area contributed by atoms with Gasteiger partial charge in [0.15, 0.2) is 17.0 Å². The third-order valence-electron chi connectivity index (χ3n) is 3.26. The highest BCUT2D eigenvalue weighted by molar-refractivity contribution is 6.30. The highest BCUT2D eigenvalue weighted by atomic mass is 35.5. The van der Waals surface area contributed by atoms with Gasteiger partial charge >= 0.3 is 0 Å². The van der Waals surface area contributed by atoms with Crippen molar-refractivity contribution in [1.82, 2.24) is 9.71 Å². The molecule has 0 amide bonds. The molecule has 4 N–H and O–H groups in total. The summed E-state index contributed by atoms with van der Waals surface area (Å²) in [6, 6.07) is 13.9. The van der Waals surface area contributed by atoms with E-state index < -0.39 is 0 Å². The second-order valence-electron chi connectivity index (χ2n) is 4.89. The molecule has 0 atom stereocenters. The molecule has 0 radical (unpaired) electrons. The Hall–Kier alpha value is -3.19. The van der Waals surface area contributed by atoms with Crippen LogP contribution in [0, 0.1) is 5.41 Å². The van der Waals surface area contributed by atoms with Crippen LogP contribution in [0.5, 0.6) is 0 Å². The first-order chi connectivity index (χ1) is 11.6. The third-order valence-corrected chi connectivity index (χ3v) is 3.52. The summed E-state index contributed by atoms with van der Waals surface area (Å²) < 4.78 is 0.711. The number of rotatable bonds is 3. The molecule has 2 aromatic carbocycles. The standard InChI is InChI=1S/C16H13ClN6O/c17-11-7-5-10(6-8-11)9-20-22-15(18)14-16(19)23(24)13-4-2-1-3-12(13)21-14/h1-9,19,24H,(H2,18,22)/b19-16?,20-9-. The normalized spacial score (nSPS) is 12.1. The summed E-state index contributed by atoms with van der Waals surface area (Å²) in [5, 5.41) is 26.3. The molecule has 0 bridgehead atoms. The Bertz CT molecular complexity index is 1010. The molecule has 0 saturated heterocycles. The van der Waals surface area contributed by atoms with E-state index in [9.17, 15) is 5.21 Å². The Morgan fingerprint density at radius 3 is 2.67 bits per heavy atom. The van der Waals surface area contributed by atoms with Gasteiger partial charge in [0.25, 0.3) is 0 Å². The van der Waals surface area contributed by atoms with Crippen molar-refractivity contribution in [2.24, 2.45) is 15.9 Å². The summed E-state index contributed by atoms with van der Waals surface area (Å²) in [4.78, 5) is 4.26. The smallest absolute Gasteiger partial charge is 0.191 e. The monoisotopic (exact) mass is 340 g/mol. The first-order valence-corrected chi connectivity index (χ1v) is 7.32. The van der Waals surface area contributed by atoms with Crippen molar-refractivity contribution in [3.05, 3.63) is 70.3 Å². The summed E-state index contributed by atoms with van der Waals surface area (Å²) in [7, 11) is 0. The number of nitrogens with one attached hydrogen (secondary N) is 1. The van der Waals surface area contributed by atoms with Gasteiger partial charge in [-0.3, -0.25) is 5.41 Å². The van der Waals surface area contributed by atoms with E-state index in [4.69, 9.17) is 22.7 Å². The molecule has 0 saturated carbocycles. The summed E-state index contributed by atoms with van der Waals surface area (Å²) in [5.74, 6) is -0.0706. The predicted octanol–water partition coefficient (Wildman–Crippen LogP) is 2.15. The molecule has 120 valence electrons. The van der Waals surface area contributed by atoms with Crippen molar-refractivity contribution in [1.29, 1.82) is 5.41 Å². The van der Waals surface area contributed by atoms with E-state index in [-0.39, 0.29) is 17.0 Å². The van der Waals surface area contributed by atoms with Gasteiger partial charge in [0, 0.05) is 5.02 Å². The molecule has 3 aromatic rings. The lowest BCUT2D eigenvalue weighted by Crippen LogP contribution is -2.31. The van der Waals surface area contributed by atoms with Gasteiger partial charge in [-0.25, -0.2) is 4.98 Å². The number of fused-ring (bicyclic) bond motifs is 1. The van der Waals surface area contributed by atoms with E-state index in [0.29, 0.717) is 20.8 Å². The fourth-order valence-electron chi connectivity index (χ4n) is 2.06. The second kappa shape index (κ2) is 6.51. The number of hydrogen-bond donors (Lipinski definition) is 3. The zero-order valence-corrected chi connectivity index (χ0v) is 13.1. The lowest BCUT2D eigenvalue weighted by atomic mass is 10.2. The number of halogens is 1. The van der Waals surface area contributed by atoms with E-state index in [0.717, 1.165) is 5.56 Å². The molecule has 24 heavy (non-hydrogen) atoms. The zero-order chi connectivity index (χ0) is 17.1. The van der Waals surface area contributed by atoms with Crippen LogP contribution in [0.2, 0.25) is 5.02 Å². The van der Waals surface area contributed by atoms with Crippen LogP contribution >= 0.6 is 11.6 Å². The molecule has 3 rings (SSSR count). The minimum atomic E-state index is -0.267. The van der Waals surface area contributed by atoms with E-state index in [1.165, 1.54) is 6.21 Å². The van der Waals surface area contributed by atoms with Gasteiger partial charge in [-0.2, -0.15) is 9.83 Å². The maximum absolute atomic E-state index is 10.0. The summed E-state index contributed by atoms with van der Waals surface area (Å²) in [5.41, 5.74) is 7.33. The van der Waals surface area contributed by atoms with E-state index in [1.807, 2.05) is 0 Å². The van der Waals surface area contributed by atoms with Crippen molar-refractivity contribution >= 4 is 34.7 Å². The van der Waals surface area contributed by atoms with Crippen LogP contribution in [0.4, 0.5) is 0 Å². The first kappa shape index (κ1) is 15.7. The number of aromatic nitrogens is 2. The first-order valence-electron chi connectivity index (χ1n) is 6.94. The topological polar surface area (TPSA) is 113 Å². The molecular formula is C16H13ClN6O. The van der Waals surface area contributed by atoms with Crippen LogP contribution in [0.25, 0.3) is 11.0 Å². The fourth-order valence-corrected chi connectivity index (χ4v) is 2.19. The Morgan fingerprint density at radius 2 is 1.92 bits per heavy atom. The van der Waals surface area contributed by atoms with Gasteiger partial charge in [-0.1, -0.05) is 35.9 Å². The lowest BCUT2D eigenvalue weighted by molar-refractivity contribution is 0.183. The van der Waals surface area contributed by atoms with E-state index in [2.05, 4.69) is 15.2 Å². The number of amidine groups is 1. The molecule has 0 fully saturated rings. The second-order valence-corrected chi connectivity index (χ2v) is 5.33. The average molecular weight is 341 g/mol. The lowest BCUT2D eigenvalue weighted by Gasteiger charge is -2.06. The number of benzene rings is 2. The van der Waals surface area contributed by atoms with Gasteiger partial charge in [0.2, 0.25) is 0 Å². The van der Waals surface area contributed by atoms with Gasteiger partial charge in [0.05, 0.1) is 11.7 Å². The van der Waals surface area contributed by atoms with Crippen LogP contribution in [0.15, 0.2) is 58.7 Å². The molecule has 8 heteroatoms. The highest BCUT2D eigenvalue weighted by Crippen LogP contribution is 2.09. The Kier molecular flexibility index (Phi) is 4.26. The van der Waals surface area contributed by atoms with Crippen molar-refractivity contribution in [2.45, 2.75) is 0 Å². The quantitative estimate of drug-likeness (QED) is 0.294. The van der Waals surface area contributed by atoms with Gasteiger partial charge in [-0.15, -0.1) is 5.10 Å². The largest absolute Gasteiger partial charge is 0.426 e. The average Bonchev–Trinajstić information content (AvgIpc) is 2.59. The van der Waals surface area contributed by atoms with Gasteiger partial charge < -0.3 is 10.9 Å². The molecule has 7 nitrogen and oxygen atoms in total. The fraction of sp³-hybridized carbons (Fsp3) is 0. The van der Waals surface area contributed by atoms with Crippen LogP contribution in [0.3, 0.4) is 0 Å². The van der Waals surface area contributed by atoms with Gasteiger partial charge in [0.1, 0.15) is 5.52 Å². The zero-order valence-electron chi connectivity index (χ0n) is 12.4. The predicted molar refractivity (Wildman–Crippen MR) is 92.5 cm³/mol. The van der Waals surface area contributed by atoms with Crippen LogP contribution in [0.1, 0.15) is 11.3 Å². The Labute approximate surface area is 141 Å². The maximum Gasteiger partial charge on any atom is 0.191 e. The van der Waals surface area contributed by atoms with Crippen LogP contribution in [-0.4, -0.2) is 27.0 Å². The van der Waals surface area contributed by atoms with Gasteiger partial charge in [-0.05, 0) is 29.8 Å². The molecule has 0 aliphatic carbocycles. The molecular weight excluding hydrogens is 328 g/mol. The highest BCUT2D eigenvalue weighted by Gasteiger charge is 2.10. The number of nitrogens with two attached hydrogens (primary N) is 1. The third kappa shape index (κ3) is 3.11. The van der Waals surface area contributed by atoms with Crippen molar-refractivity contribution in [2.75, 3.05) is 0 Å². The molecule has 0 aliphatic rings. The summed E-state index contributed by atoms with van der Waals surface area (Å²) >= 11 is 5.81. The van der Waals surface area contributed by atoms with Crippen molar-refractivity contribution in [3.8, 4) is 0 Å². The van der Waals surface area contributed by atoms with Crippen LogP contribution < -0.4 is 11.2 Å². The molecule has 0 unspecified atom stereocenters. The Morgan fingerprint density at radius 1 is 1.21 bits per heavy atom. The van der Waals surface area contributed by atoms with Crippen molar-refractivity contribution in [3.63, 3.8) is 0 Å². The van der Waals surface area contributed by atoms with Crippen molar-refractivity contribution < 1.29 is 5.21 Å². The number of para-hydroxylation sites is 2. The van der Waals surface area contributed by atoms with E-state index >= 15 is 0 Å². The number of nitrogens with zero attached hydrogens (tertiary/aromatic N) is 4. The molecule has 0 spiro atoms. The summed E-state index contributed by atoms with van der Waals surface area (Å²) in [6.07, 6.45) is 1.50.